The second-order valence-corrected chi connectivity index (χ2v) is 10.3. The molecule has 190 valence electrons. The van der Waals surface area contributed by atoms with Gasteiger partial charge in [-0.1, -0.05) is 60.7 Å². The van der Waals surface area contributed by atoms with Gasteiger partial charge in [0.1, 0.15) is 18.2 Å². The first-order valence-electron chi connectivity index (χ1n) is 13.1. The molecule has 1 aliphatic carbocycles. The van der Waals surface area contributed by atoms with Gasteiger partial charge in [0.15, 0.2) is 0 Å². The Balaban J connectivity index is 1.10. The SMILES string of the molecule is O=C(CCc1cccc(F)c1)C1CC2COCC(C1)N2C(=O)OCC1c2ccccc2-c2ccccc21. The number of amides is 1. The van der Waals surface area contributed by atoms with Gasteiger partial charge in [-0.3, -0.25) is 9.69 Å². The molecule has 0 radical (unpaired) electrons. The minimum absolute atomic E-state index is 0.00869. The molecule has 0 aromatic heterocycles. The molecule has 2 fully saturated rings. The van der Waals surface area contributed by atoms with Crippen molar-refractivity contribution in [2.24, 2.45) is 5.92 Å². The first kappa shape index (κ1) is 23.9. The highest BCUT2D eigenvalue weighted by atomic mass is 19.1. The van der Waals surface area contributed by atoms with Gasteiger partial charge in [0.2, 0.25) is 0 Å². The molecular weight excluding hydrogens is 469 g/mol. The number of carbonyl (C=O) groups excluding carboxylic acids is 2. The lowest BCUT2D eigenvalue weighted by Crippen LogP contribution is -2.60. The molecule has 0 saturated carbocycles. The van der Waals surface area contributed by atoms with Crippen LogP contribution in [0.25, 0.3) is 11.1 Å². The van der Waals surface area contributed by atoms with Crippen LogP contribution in [0.15, 0.2) is 72.8 Å². The number of piperidine rings is 1. The number of benzene rings is 3. The molecule has 2 saturated heterocycles. The van der Waals surface area contributed by atoms with E-state index in [2.05, 4.69) is 24.3 Å². The molecule has 2 aliphatic heterocycles. The van der Waals surface area contributed by atoms with Crippen molar-refractivity contribution in [2.75, 3.05) is 19.8 Å². The zero-order chi connectivity index (χ0) is 25.4. The Hall–Kier alpha value is -3.51. The molecule has 37 heavy (non-hydrogen) atoms. The van der Waals surface area contributed by atoms with Crippen LogP contribution in [-0.2, 0) is 20.7 Å². The number of Topliss-reactive ketones (excluding diaryl/α,β-unsaturated/α-hetero) is 1. The predicted octanol–water partition coefficient (Wildman–Crippen LogP) is 5.76. The third-order valence-electron chi connectivity index (χ3n) is 8.07. The molecule has 2 bridgehead atoms. The quantitative estimate of drug-likeness (QED) is 0.433. The first-order chi connectivity index (χ1) is 18.1. The van der Waals surface area contributed by atoms with Crippen molar-refractivity contribution in [1.82, 2.24) is 4.90 Å². The summed E-state index contributed by atoms with van der Waals surface area (Å²) in [5, 5.41) is 0. The predicted molar refractivity (Wildman–Crippen MR) is 138 cm³/mol. The van der Waals surface area contributed by atoms with Crippen LogP contribution in [0.4, 0.5) is 9.18 Å². The first-order valence-corrected chi connectivity index (χ1v) is 13.1. The van der Waals surface area contributed by atoms with Gasteiger partial charge in [-0.25, -0.2) is 9.18 Å². The number of aryl methyl sites for hydroxylation is 1. The summed E-state index contributed by atoms with van der Waals surface area (Å²) in [5.74, 6) is -0.221. The summed E-state index contributed by atoms with van der Waals surface area (Å²) >= 11 is 0. The number of ketones is 1. The number of rotatable bonds is 6. The maximum absolute atomic E-state index is 13.5. The number of fused-ring (bicyclic) bond motifs is 5. The van der Waals surface area contributed by atoms with E-state index in [4.69, 9.17) is 9.47 Å². The number of nitrogens with zero attached hydrogens (tertiary/aromatic N) is 1. The number of morpholine rings is 1. The van der Waals surface area contributed by atoms with Gasteiger partial charge >= 0.3 is 6.09 Å². The molecule has 3 aromatic rings. The fourth-order valence-corrected chi connectivity index (χ4v) is 6.31. The number of hydrogen-bond acceptors (Lipinski definition) is 4. The highest BCUT2D eigenvalue weighted by Crippen LogP contribution is 2.44. The normalized spacial score (nSPS) is 22.3. The van der Waals surface area contributed by atoms with E-state index >= 15 is 0 Å². The second-order valence-electron chi connectivity index (χ2n) is 10.3. The standard InChI is InChI=1S/C31H30FNO4/c32-22-7-5-6-20(14-22)12-13-30(34)21-15-23-17-36-18-24(16-21)33(23)31(35)37-19-29-27-10-3-1-8-25(27)26-9-2-4-11-28(26)29/h1-11,14,21,23-24,29H,12-13,15-19H2. The van der Waals surface area contributed by atoms with Gasteiger partial charge in [-0.15, -0.1) is 0 Å². The summed E-state index contributed by atoms with van der Waals surface area (Å²) < 4.78 is 25.2. The lowest BCUT2D eigenvalue weighted by atomic mass is 9.81. The Labute approximate surface area is 216 Å². The Bertz CT molecular complexity index is 1260. The van der Waals surface area contributed by atoms with Crippen LogP contribution < -0.4 is 0 Å². The molecule has 2 atom stereocenters. The monoisotopic (exact) mass is 499 g/mol. The third-order valence-corrected chi connectivity index (χ3v) is 8.07. The summed E-state index contributed by atoms with van der Waals surface area (Å²) in [6.07, 6.45) is 1.71. The minimum atomic E-state index is -0.328. The largest absolute Gasteiger partial charge is 0.448 e. The lowest BCUT2D eigenvalue weighted by molar-refractivity contribution is -0.131. The van der Waals surface area contributed by atoms with Gasteiger partial charge in [0.25, 0.3) is 0 Å². The van der Waals surface area contributed by atoms with Crippen LogP contribution >= 0.6 is 0 Å². The van der Waals surface area contributed by atoms with Crippen LogP contribution in [0.2, 0.25) is 0 Å². The van der Waals surface area contributed by atoms with Crippen molar-refractivity contribution in [3.8, 4) is 11.1 Å². The molecule has 2 heterocycles. The zero-order valence-electron chi connectivity index (χ0n) is 20.6. The van der Waals surface area contributed by atoms with Crippen molar-refractivity contribution in [2.45, 2.75) is 43.7 Å². The molecule has 0 N–H and O–H groups in total. The molecule has 0 spiro atoms. The Morgan fingerprint density at radius 1 is 0.892 bits per heavy atom. The van der Waals surface area contributed by atoms with E-state index in [1.165, 1.54) is 34.4 Å². The van der Waals surface area contributed by atoms with Crippen molar-refractivity contribution < 1.29 is 23.5 Å². The van der Waals surface area contributed by atoms with E-state index in [9.17, 15) is 14.0 Å². The lowest BCUT2D eigenvalue weighted by Gasteiger charge is -2.47. The molecule has 3 aromatic carbocycles. The van der Waals surface area contributed by atoms with E-state index in [0.29, 0.717) is 38.9 Å². The van der Waals surface area contributed by atoms with Crippen LogP contribution in [0.3, 0.4) is 0 Å². The fraction of sp³-hybridized carbons (Fsp3) is 0.355. The summed E-state index contributed by atoms with van der Waals surface area (Å²) in [6, 6.07) is 22.6. The van der Waals surface area contributed by atoms with Gasteiger partial charge in [0.05, 0.1) is 25.3 Å². The van der Waals surface area contributed by atoms with Gasteiger partial charge < -0.3 is 9.47 Å². The average molecular weight is 500 g/mol. The van der Waals surface area contributed by atoms with E-state index in [1.807, 2.05) is 35.2 Å². The summed E-state index contributed by atoms with van der Waals surface area (Å²) in [5.41, 5.74) is 5.59. The molecular formula is C31H30FNO4. The highest BCUT2D eigenvalue weighted by Gasteiger charge is 2.44. The van der Waals surface area contributed by atoms with Gasteiger partial charge in [-0.05, 0) is 59.2 Å². The Morgan fingerprint density at radius 3 is 2.19 bits per heavy atom. The summed E-state index contributed by atoms with van der Waals surface area (Å²) in [7, 11) is 0. The van der Waals surface area contributed by atoms with Crippen molar-refractivity contribution in [3.05, 3.63) is 95.3 Å². The van der Waals surface area contributed by atoms with Gasteiger partial charge in [0, 0.05) is 18.3 Å². The van der Waals surface area contributed by atoms with Crippen molar-refractivity contribution in [3.63, 3.8) is 0 Å². The molecule has 6 rings (SSSR count). The van der Waals surface area contributed by atoms with Crippen molar-refractivity contribution >= 4 is 11.9 Å². The number of ether oxygens (including phenoxy) is 2. The third kappa shape index (κ3) is 4.66. The Morgan fingerprint density at radius 2 is 1.54 bits per heavy atom. The zero-order valence-corrected chi connectivity index (χ0v) is 20.6. The van der Waals surface area contributed by atoms with E-state index < -0.39 is 0 Å². The molecule has 5 nitrogen and oxygen atoms in total. The fourth-order valence-electron chi connectivity index (χ4n) is 6.31. The molecule has 3 aliphatic rings. The molecule has 2 unspecified atom stereocenters. The number of carbonyl (C=O) groups is 2. The smallest absolute Gasteiger partial charge is 0.410 e. The topological polar surface area (TPSA) is 55.8 Å². The highest BCUT2D eigenvalue weighted by molar-refractivity contribution is 5.82. The number of halogens is 1. The van der Waals surface area contributed by atoms with E-state index in [1.54, 1.807) is 6.07 Å². The maximum atomic E-state index is 13.5. The van der Waals surface area contributed by atoms with Crippen LogP contribution in [0.1, 0.15) is 41.9 Å². The Kier molecular flexibility index (Phi) is 6.51. The summed E-state index contributed by atoms with van der Waals surface area (Å²) in [6.45, 7) is 1.10. The maximum Gasteiger partial charge on any atom is 0.410 e. The average Bonchev–Trinajstić information content (AvgIpc) is 3.23. The van der Waals surface area contributed by atoms with Crippen LogP contribution in [-0.4, -0.2) is 48.7 Å². The van der Waals surface area contributed by atoms with Crippen LogP contribution in [0, 0.1) is 11.7 Å². The van der Waals surface area contributed by atoms with Crippen molar-refractivity contribution in [1.29, 1.82) is 0 Å². The molecule has 1 amide bonds. The minimum Gasteiger partial charge on any atom is -0.448 e. The number of hydrogen-bond donors (Lipinski definition) is 0. The second kappa shape index (κ2) is 10.1. The van der Waals surface area contributed by atoms with E-state index in [-0.39, 0.29) is 48.2 Å². The van der Waals surface area contributed by atoms with Crippen LogP contribution in [0.5, 0.6) is 0 Å². The summed E-state index contributed by atoms with van der Waals surface area (Å²) in [4.78, 5) is 28.2. The molecule has 6 heteroatoms. The van der Waals surface area contributed by atoms with E-state index in [0.717, 1.165) is 5.56 Å². The van der Waals surface area contributed by atoms with Gasteiger partial charge in [-0.2, -0.15) is 0 Å².